The first-order valence-corrected chi connectivity index (χ1v) is 6.51. The fourth-order valence-corrected chi connectivity index (χ4v) is 1.80. The van der Waals surface area contributed by atoms with Crippen molar-refractivity contribution in [2.24, 2.45) is 0 Å². The maximum Gasteiger partial charge on any atom is 0.433 e. The number of H-pyrrole nitrogens is 1. The van der Waals surface area contributed by atoms with Gasteiger partial charge in [-0.3, -0.25) is 4.98 Å². The van der Waals surface area contributed by atoms with Crippen molar-refractivity contribution in [3.8, 4) is 0 Å². The molecule has 4 nitrogen and oxygen atoms in total. The third-order valence-electron chi connectivity index (χ3n) is 2.67. The Hall–Kier alpha value is -1.79. The highest BCUT2D eigenvalue weighted by molar-refractivity contribution is 5.59. The van der Waals surface area contributed by atoms with Crippen molar-refractivity contribution in [2.45, 2.75) is 46.2 Å². The Morgan fingerprint density at radius 1 is 1.25 bits per heavy atom. The first kappa shape index (κ1) is 16.3. The Bertz CT molecular complexity index is 564. The molecule has 0 aliphatic heterocycles. The van der Waals surface area contributed by atoms with E-state index in [9.17, 15) is 18.0 Å². The van der Waals surface area contributed by atoms with E-state index in [0.717, 1.165) is 18.1 Å². The summed E-state index contributed by atoms with van der Waals surface area (Å²) < 4.78 is 39.1. The van der Waals surface area contributed by atoms with Crippen LogP contribution >= 0.6 is 0 Å². The smallest absolute Gasteiger partial charge is 0.289 e. The fraction of sp³-hybridized carbons (Fsp3) is 0.538. The second-order valence-corrected chi connectivity index (χ2v) is 4.18. The van der Waals surface area contributed by atoms with Crippen LogP contribution in [0.15, 0.2) is 16.9 Å². The number of hydrogen-bond donors (Lipinski definition) is 1. The number of nitrogens with one attached hydrogen (secondary N) is 1. The molecule has 0 atom stereocenters. The molecule has 0 aliphatic carbocycles. The first-order chi connectivity index (χ1) is 9.35. The molecule has 1 aromatic heterocycles. The minimum atomic E-state index is -4.62. The molecule has 0 spiro atoms. The number of alkyl halides is 3. The number of nitrogens with zero attached hydrogens (tertiary/aromatic N) is 2. The average Bonchev–Trinajstić information content (AvgIpc) is 2.73. The SMILES string of the molecule is CC/C=C(\n1nc(/C(=C/CC)CC)[nH]c1=O)C(F)(F)F. The summed E-state index contributed by atoms with van der Waals surface area (Å²) in [6.07, 6.45) is -0.378. The lowest BCUT2D eigenvalue weighted by molar-refractivity contribution is -0.0748. The van der Waals surface area contributed by atoms with E-state index in [2.05, 4.69) is 10.1 Å². The molecule has 1 N–H and O–H groups in total. The van der Waals surface area contributed by atoms with Gasteiger partial charge in [0.2, 0.25) is 0 Å². The van der Waals surface area contributed by atoms with Crippen LogP contribution in [0, 0.1) is 0 Å². The topological polar surface area (TPSA) is 50.7 Å². The molecule has 0 saturated carbocycles. The van der Waals surface area contributed by atoms with Gasteiger partial charge in [-0.15, -0.1) is 5.10 Å². The van der Waals surface area contributed by atoms with E-state index < -0.39 is 17.6 Å². The van der Waals surface area contributed by atoms with Gasteiger partial charge in [-0.25, -0.2) is 4.79 Å². The molecular formula is C13H18F3N3O. The van der Waals surface area contributed by atoms with Gasteiger partial charge in [-0.05, 0) is 24.8 Å². The molecule has 0 bridgehead atoms. The Morgan fingerprint density at radius 3 is 2.30 bits per heavy atom. The van der Waals surface area contributed by atoms with Crippen LogP contribution in [-0.2, 0) is 0 Å². The average molecular weight is 289 g/mol. The van der Waals surface area contributed by atoms with Crippen molar-refractivity contribution in [3.63, 3.8) is 0 Å². The van der Waals surface area contributed by atoms with Crippen LogP contribution in [0.1, 0.15) is 45.9 Å². The van der Waals surface area contributed by atoms with Crippen molar-refractivity contribution in [1.29, 1.82) is 0 Å². The Kier molecular flexibility index (Phi) is 5.35. The number of aromatic nitrogens is 3. The van der Waals surface area contributed by atoms with Gasteiger partial charge in [0, 0.05) is 0 Å². The van der Waals surface area contributed by atoms with Crippen LogP contribution in [0.2, 0.25) is 0 Å². The molecule has 1 heterocycles. The lowest BCUT2D eigenvalue weighted by Gasteiger charge is -2.10. The maximum absolute atomic E-state index is 12.9. The lowest BCUT2D eigenvalue weighted by Crippen LogP contribution is -2.26. The first-order valence-electron chi connectivity index (χ1n) is 6.51. The van der Waals surface area contributed by atoms with E-state index >= 15 is 0 Å². The third-order valence-corrected chi connectivity index (χ3v) is 2.67. The fourth-order valence-electron chi connectivity index (χ4n) is 1.80. The molecule has 7 heteroatoms. The normalized spacial score (nSPS) is 13.9. The summed E-state index contributed by atoms with van der Waals surface area (Å²) in [4.78, 5) is 14.1. The highest BCUT2D eigenvalue weighted by Gasteiger charge is 2.37. The monoisotopic (exact) mass is 289 g/mol. The van der Waals surface area contributed by atoms with Crippen LogP contribution in [0.25, 0.3) is 11.3 Å². The standard InChI is InChI=1S/C13H18F3N3O/c1-4-7-9(6-3)11-17-12(20)19(18-11)10(8-5-2)13(14,15)16/h7-8H,4-6H2,1-3H3,(H,17,18,20)/b9-7+,10-8-. The van der Waals surface area contributed by atoms with Crippen molar-refractivity contribution >= 4 is 11.3 Å². The number of hydrogen-bond acceptors (Lipinski definition) is 2. The van der Waals surface area contributed by atoms with E-state index in [1.165, 1.54) is 0 Å². The summed E-state index contributed by atoms with van der Waals surface area (Å²) in [5.74, 6) is 0.186. The second-order valence-electron chi connectivity index (χ2n) is 4.18. The molecule has 20 heavy (non-hydrogen) atoms. The highest BCUT2D eigenvalue weighted by Crippen LogP contribution is 2.28. The second kappa shape index (κ2) is 6.58. The molecule has 1 aromatic rings. The minimum Gasteiger partial charge on any atom is -0.289 e. The Morgan fingerprint density at radius 2 is 1.85 bits per heavy atom. The number of rotatable bonds is 5. The van der Waals surface area contributed by atoms with E-state index in [0.29, 0.717) is 11.1 Å². The number of halogens is 3. The predicted octanol–water partition coefficient (Wildman–Crippen LogP) is 3.59. The van der Waals surface area contributed by atoms with Crippen molar-refractivity contribution < 1.29 is 13.2 Å². The van der Waals surface area contributed by atoms with Crippen LogP contribution in [0.3, 0.4) is 0 Å². The summed E-state index contributed by atoms with van der Waals surface area (Å²) in [7, 11) is 0. The summed E-state index contributed by atoms with van der Waals surface area (Å²) in [6, 6.07) is 0. The van der Waals surface area contributed by atoms with Crippen LogP contribution < -0.4 is 5.69 Å². The van der Waals surface area contributed by atoms with E-state index in [-0.39, 0.29) is 12.2 Å². The molecule has 112 valence electrons. The molecule has 1 rings (SSSR count). The third kappa shape index (κ3) is 3.61. The molecule has 0 radical (unpaired) electrons. The van der Waals surface area contributed by atoms with Gasteiger partial charge in [-0.1, -0.05) is 32.9 Å². The number of aromatic amines is 1. The zero-order chi connectivity index (χ0) is 15.3. The van der Waals surface area contributed by atoms with Crippen LogP contribution in [0.4, 0.5) is 13.2 Å². The van der Waals surface area contributed by atoms with Crippen LogP contribution in [0.5, 0.6) is 0 Å². The lowest BCUT2D eigenvalue weighted by atomic mass is 10.1. The Labute approximate surface area is 115 Å². The summed E-state index contributed by atoms with van der Waals surface area (Å²) in [5.41, 5.74) is -1.21. The van der Waals surface area contributed by atoms with Gasteiger partial charge >= 0.3 is 11.9 Å². The summed E-state index contributed by atoms with van der Waals surface area (Å²) in [5, 5.41) is 3.78. The molecule has 0 amide bonds. The molecular weight excluding hydrogens is 271 g/mol. The number of allylic oxidation sites excluding steroid dienone is 4. The molecule has 0 aromatic carbocycles. The minimum absolute atomic E-state index is 0.162. The molecule has 0 fully saturated rings. The Balaban J connectivity index is 3.35. The summed E-state index contributed by atoms with van der Waals surface area (Å²) >= 11 is 0. The zero-order valence-electron chi connectivity index (χ0n) is 11.7. The van der Waals surface area contributed by atoms with Gasteiger partial charge < -0.3 is 0 Å². The zero-order valence-corrected chi connectivity index (χ0v) is 11.7. The maximum atomic E-state index is 12.9. The molecule has 0 unspecified atom stereocenters. The van der Waals surface area contributed by atoms with Crippen molar-refractivity contribution in [2.75, 3.05) is 0 Å². The van der Waals surface area contributed by atoms with E-state index in [1.54, 1.807) is 6.92 Å². The van der Waals surface area contributed by atoms with Gasteiger partial charge in [0.1, 0.15) is 5.70 Å². The molecule has 0 aliphatic rings. The van der Waals surface area contributed by atoms with E-state index in [4.69, 9.17) is 0 Å². The van der Waals surface area contributed by atoms with Crippen molar-refractivity contribution in [3.05, 3.63) is 28.5 Å². The van der Waals surface area contributed by atoms with Crippen LogP contribution in [-0.4, -0.2) is 20.9 Å². The van der Waals surface area contributed by atoms with Gasteiger partial charge in [-0.2, -0.15) is 17.9 Å². The van der Waals surface area contributed by atoms with Gasteiger partial charge in [0.05, 0.1) is 0 Å². The van der Waals surface area contributed by atoms with E-state index in [1.807, 2.05) is 19.9 Å². The highest BCUT2D eigenvalue weighted by atomic mass is 19.4. The largest absolute Gasteiger partial charge is 0.433 e. The quantitative estimate of drug-likeness (QED) is 0.900. The summed E-state index contributed by atoms with van der Waals surface area (Å²) in [6.45, 7) is 5.33. The molecule has 0 saturated heterocycles. The predicted molar refractivity (Wildman–Crippen MR) is 72.0 cm³/mol. The van der Waals surface area contributed by atoms with Crippen molar-refractivity contribution in [1.82, 2.24) is 14.8 Å². The van der Waals surface area contributed by atoms with Gasteiger partial charge in [0.25, 0.3) is 0 Å². The van der Waals surface area contributed by atoms with Gasteiger partial charge in [0.15, 0.2) is 5.82 Å².